The summed E-state index contributed by atoms with van der Waals surface area (Å²) in [5, 5.41) is 13.5. The lowest BCUT2D eigenvalue weighted by Crippen LogP contribution is -2.29. The van der Waals surface area contributed by atoms with Crippen LogP contribution < -0.4 is 15.0 Å². The Balaban J connectivity index is 1.63. The maximum atomic E-state index is 13.1. The number of hydrogen-bond acceptors (Lipinski definition) is 5. The van der Waals surface area contributed by atoms with Crippen molar-refractivity contribution in [3.63, 3.8) is 0 Å². The van der Waals surface area contributed by atoms with Crippen molar-refractivity contribution >= 4 is 28.9 Å². The molecule has 0 atom stereocenters. The fourth-order valence-electron chi connectivity index (χ4n) is 3.26. The Hall–Kier alpha value is -4.20. The second-order valence-electron chi connectivity index (χ2n) is 6.59. The molecule has 0 unspecified atom stereocenters. The van der Waals surface area contributed by atoms with Crippen molar-refractivity contribution in [2.75, 3.05) is 16.8 Å². The first kappa shape index (κ1) is 19.1. The number of nitro groups is 1. The first-order valence-electron chi connectivity index (χ1n) is 9.26. The summed E-state index contributed by atoms with van der Waals surface area (Å²) in [7, 11) is 0. The molecular formula is C22H17N3O5. The third kappa shape index (κ3) is 3.46. The molecule has 150 valence electrons. The number of carbonyl (C=O) groups is 2. The van der Waals surface area contributed by atoms with E-state index >= 15 is 0 Å². The zero-order valence-corrected chi connectivity index (χ0v) is 16.0. The normalized spacial score (nSPS) is 12.3. The van der Waals surface area contributed by atoms with Crippen LogP contribution >= 0.6 is 0 Å². The van der Waals surface area contributed by atoms with Crippen LogP contribution in [0.4, 0.5) is 17.1 Å². The zero-order valence-electron chi connectivity index (χ0n) is 16.0. The van der Waals surface area contributed by atoms with Gasteiger partial charge in [-0.25, -0.2) is 0 Å². The van der Waals surface area contributed by atoms with E-state index in [9.17, 15) is 19.7 Å². The van der Waals surface area contributed by atoms with Crippen LogP contribution in [0.2, 0.25) is 0 Å². The molecule has 1 aliphatic heterocycles. The van der Waals surface area contributed by atoms with Crippen molar-refractivity contribution in [3.8, 4) is 11.5 Å². The molecule has 0 radical (unpaired) electrons. The first-order chi connectivity index (χ1) is 14.5. The van der Waals surface area contributed by atoms with Crippen LogP contribution in [0.3, 0.4) is 0 Å². The second-order valence-corrected chi connectivity index (χ2v) is 6.59. The number of carbonyl (C=O) groups excluding carboxylic acids is 2. The van der Waals surface area contributed by atoms with Crippen LogP contribution in [0.25, 0.3) is 0 Å². The maximum absolute atomic E-state index is 13.1. The molecule has 0 aromatic heterocycles. The van der Waals surface area contributed by atoms with E-state index in [1.54, 1.807) is 29.2 Å². The predicted molar refractivity (Wildman–Crippen MR) is 111 cm³/mol. The SMILES string of the molecule is CCN1C(=O)c2cc(NC(=O)c3ccc([N+](=O)[O-])cc3)ccc2Oc2ccccc21. The van der Waals surface area contributed by atoms with Gasteiger partial charge in [-0.1, -0.05) is 12.1 Å². The Morgan fingerprint density at radius 2 is 1.80 bits per heavy atom. The first-order valence-corrected chi connectivity index (χ1v) is 9.26. The molecule has 1 N–H and O–H groups in total. The van der Waals surface area contributed by atoms with E-state index in [1.165, 1.54) is 24.3 Å². The second kappa shape index (κ2) is 7.67. The number of nitrogens with one attached hydrogen (secondary N) is 1. The molecule has 1 heterocycles. The Morgan fingerprint density at radius 1 is 1.07 bits per heavy atom. The van der Waals surface area contributed by atoms with Crippen LogP contribution in [0.1, 0.15) is 27.6 Å². The van der Waals surface area contributed by atoms with E-state index in [1.807, 2.05) is 25.1 Å². The smallest absolute Gasteiger partial charge is 0.269 e. The highest BCUT2D eigenvalue weighted by molar-refractivity contribution is 6.11. The predicted octanol–water partition coefficient (Wildman–Crippen LogP) is 4.62. The summed E-state index contributed by atoms with van der Waals surface area (Å²) >= 11 is 0. The van der Waals surface area contributed by atoms with E-state index in [0.29, 0.717) is 35.0 Å². The standard InChI is InChI=1S/C22H17N3O5/c1-2-24-18-5-3-4-6-20(18)30-19-12-9-15(13-17(19)22(24)27)23-21(26)14-7-10-16(11-8-14)25(28)29/h3-13H,2H2,1H3,(H,23,26). The number of nitrogens with zero attached hydrogens (tertiary/aromatic N) is 2. The Kier molecular flexibility index (Phi) is 4.89. The molecule has 0 saturated heterocycles. The number of ether oxygens (including phenoxy) is 1. The summed E-state index contributed by atoms with van der Waals surface area (Å²) in [5.74, 6) is 0.303. The van der Waals surface area contributed by atoms with Crippen LogP contribution in [0.5, 0.6) is 11.5 Å². The minimum Gasteiger partial charge on any atom is -0.454 e. The van der Waals surface area contributed by atoms with E-state index in [-0.39, 0.29) is 17.2 Å². The molecular weight excluding hydrogens is 386 g/mol. The molecule has 0 bridgehead atoms. The van der Waals surface area contributed by atoms with Gasteiger partial charge in [-0.05, 0) is 49.4 Å². The van der Waals surface area contributed by atoms with Crippen LogP contribution in [-0.2, 0) is 0 Å². The van der Waals surface area contributed by atoms with E-state index in [0.717, 1.165) is 0 Å². The highest BCUT2D eigenvalue weighted by Gasteiger charge is 2.27. The number of nitro benzene ring substituents is 1. The van der Waals surface area contributed by atoms with Crippen molar-refractivity contribution in [2.45, 2.75) is 6.92 Å². The van der Waals surface area contributed by atoms with Crippen molar-refractivity contribution < 1.29 is 19.2 Å². The van der Waals surface area contributed by atoms with Gasteiger partial charge < -0.3 is 15.0 Å². The van der Waals surface area contributed by atoms with Crippen molar-refractivity contribution in [1.29, 1.82) is 0 Å². The lowest BCUT2D eigenvalue weighted by atomic mass is 10.1. The van der Waals surface area contributed by atoms with Crippen molar-refractivity contribution in [3.05, 3.63) is 88.0 Å². The highest BCUT2D eigenvalue weighted by atomic mass is 16.6. The fourth-order valence-corrected chi connectivity index (χ4v) is 3.26. The van der Waals surface area contributed by atoms with E-state index in [4.69, 9.17) is 4.74 Å². The number of rotatable bonds is 4. The minimum atomic E-state index is -0.531. The van der Waals surface area contributed by atoms with Gasteiger partial charge in [-0.15, -0.1) is 0 Å². The summed E-state index contributed by atoms with van der Waals surface area (Å²) in [6, 6.07) is 17.4. The zero-order chi connectivity index (χ0) is 21.3. The van der Waals surface area contributed by atoms with Crippen LogP contribution in [0.15, 0.2) is 66.7 Å². The van der Waals surface area contributed by atoms with Gasteiger partial charge >= 0.3 is 0 Å². The molecule has 8 heteroatoms. The van der Waals surface area contributed by atoms with E-state index < -0.39 is 10.8 Å². The number of anilines is 2. The largest absolute Gasteiger partial charge is 0.454 e. The number of benzene rings is 3. The minimum absolute atomic E-state index is 0.0986. The molecule has 3 aromatic rings. The van der Waals surface area contributed by atoms with Gasteiger partial charge in [0, 0.05) is 29.9 Å². The highest BCUT2D eigenvalue weighted by Crippen LogP contribution is 2.39. The van der Waals surface area contributed by atoms with Crippen molar-refractivity contribution in [1.82, 2.24) is 0 Å². The average Bonchev–Trinajstić information content (AvgIpc) is 2.87. The summed E-state index contributed by atoms with van der Waals surface area (Å²) in [4.78, 5) is 37.5. The third-order valence-electron chi connectivity index (χ3n) is 4.75. The topological polar surface area (TPSA) is 102 Å². The summed E-state index contributed by atoms with van der Waals surface area (Å²) < 4.78 is 5.95. The summed E-state index contributed by atoms with van der Waals surface area (Å²) in [6.45, 7) is 2.33. The number of non-ortho nitro benzene ring substituents is 1. The van der Waals surface area contributed by atoms with Gasteiger partial charge in [-0.3, -0.25) is 19.7 Å². The maximum Gasteiger partial charge on any atom is 0.269 e. The quantitative estimate of drug-likeness (QED) is 0.506. The number of para-hydroxylation sites is 2. The summed E-state index contributed by atoms with van der Waals surface area (Å²) in [6.07, 6.45) is 0. The number of hydrogen-bond donors (Lipinski definition) is 1. The molecule has 0 saturated carbocycles. The lowest BCUT2D eigenvalue weighted by molar-refractivity contribution is -0.384. The van der Waals surface area contributed by atoms with Crippen LogP contribution in [-0.4, -0.2) is 23.3 Å². The van der Waals surface area contributed by atoms with Gasteiger partial charge in [-0.2, -0.15) is 0 Å². The Labute approximate surface area is 171 Å². The van der Waals surface area contributed by atoms with Crippen LogP contribution in [0, 0.1) is 10.1 Å². The van der Waals surface area contributed by atoms with Gasteiger partial charge in [0.2, 0.25) is 0 Å². The van der Waals surface area contributed by atoms with Crippen molar-refractivity contribution in [2.24, 2.45) is 0 Å². The third-order valence-corrected chi connectivity index (χ3v) is 4.75. The summed E-state index contributed by atoms with van der Waals surface area (Å²) in [5.41, 5.74) is 1.59. The monoisotopic (exact) mass is 403 g/mol. The molecule has 0 aliphatic carbocycles. The van der Waals surface area contributed by atoms with Gasteiger partial charge in [0.1, 0.15) is 5.75 Å². The average molecular weight is 403 g/mol. The molecule has 2 amide bonds. The molecule has 1 aliphatic rings. The molecule has 0 fully saturated rings. The van der Waals surface area contributed by atoms with E-state index in [2.05, 4.69) is 5.32 Å². The number of amides is 2. The molecule has 30 heavy (non-hydrogen) atoms. The number of fused-ring (bicyclic) bond motifs is 2. The lowest BCUT2D eigenvalue weighted by Gasteiger charge is -2.19. The Morgan fingerprint density at radius 3 is 2.50 bits per heavy atom. The van der Waals surface area contributed by atoms with Gasteiger partial charge in [0.05, 0.1) is 16.2 Å². The fraction of sp³-hybridized carbons (Fsp3) is 0.0909. The molecule has 3 aromatic carbocycles. The Bertz CT molecular complexity index is 1160. The van der Waals surface area contributed by atoms with Gasteiger partial charge in [0.15, 0.2) is 5.75 Å². The molecule has 8 nitrogen and oxygen atoms in total. The molecule has 4 rings (SSSR count). The molecule has 0 spiro atoms. The van der Waals surface area contributed by atoms with Gasteiger partial charge in [0.25, 0.3) is 17.5 Å².